The molecular formula is C20H30F2N2O7. The van der Waals surface area contributed by atoms with Crippen molar-refractivity contribution in [3.8, 4) is 0 Å². The van der Waals surface area contributed by atoms with E-state index in [-0.39, 0.29) is 25.2 Å². The zero-order valence-corrected chi connectivity index (χ0v) is 17.7. The molecule has 0 radical (unpaired) electrons. The fourth-order valence-electron chi connectivity index (χ4n) is 3.98. The summed E-state index contributed by atoms with van der Waals surface area (Å²) in [6, 6.07) is -3.11. The van der Waals surface area contributed by atoms with Gasteiger partial charge in [0.2, 0.25) is 18.2 Å². The Morgan fingerprint density at radius 3 is 1.94 bits per heavy atom. The van der Waals surface area contributed by atoms with E-state index in [9.17, 15) is 37.9 Å². The summed E-state index contributed by atoms with van der Waals surface area (Å²) in [5, 5.41) is 22.5. The monoisotopic (exact) mass is 448 g/mol. The highest BCUT2D eigenvalue weighted by molar-refractivity contribution is 6.35. The maximum Gasteiger partial charge on any atom is 0.374 e. The van der Waals surface area contributed by atoms with Crippen LogP contribution in [0, 0.1) is 11.3 Å². The number of carboxylic acids is 2. The molecule has 0 aromatic carbocycles. The first-order valence-electron chi connectivity index (χ1n) is 10.2. The van der Waals surface area contributed by atoms with Crippen LogP contribution < -0.4 is 10.6 Å². The number of alkyl halides is 2. The zero-order chi connectivity index (χ0) is 23.8. The van der Waals surface area contributed by atoms with Crippen LogP contribution in [0.1, 0.15) is 65.2 Å². The number of carbonyl (C=O) groups is 5. The van der Waals surface area contributed by atoms with Crippen molar-refractivity contribution in [2.24, 2.45) is 11.3 Å². The molecule has 1 fully saturated rings. The van der Waals surface area contributed by atoms with Crippen LogP contribution in [0.5, 0.6) is 0 Å². The van der Waals surface area contributed by atoms with Crippen LogP contribution in [0.15, 0.2) is 0 Å². The molecular weight excluding hydrogens is 418 g/mol. The van der Waals surface area contributed by atoms with Gasteiger partial charge in [-0.2, -0.15) is 0 Å². The Kier molecular flexibility index (Phi) is 9.99. The highest BCUT2D eigenvalue weighted by Crippen LogP contribution is 2.44. The first-order valence-corrected chi connectivity index (χ1v) is 10.2. The van der Waals surface area contributed by atoms with E-state index in [4.69, 9.17) is 5.11 Å². The molecule has 11 heteroatoms. The van der Waals surface area contributed by atoms with Gasteiger partial charge in [0.05, 0.1) is 6.42 Å². The van der Waals surface area contributed by atoms with Gasteiger partial charge in [-0.25, -0.2) is 13.6 Å². The van der Waals surface area contributed by atoms with E-state index in [0.717, 1.165) is 12.8 Å². The van der Waals surface area contributed by atoms with Crippen molar-refractivity contribution >= 4 is 29.5 Å². The number of hydrogen-bond acceptors (Lipinski definition) is 5. The van der Waals surface area contributed by atoms with Crippen molar-refractivity contribution in [1.29, 1.82) is 0 Å². The third-order valence-corrected chi connectivity index (χ3v) is 5.34. The average molecular weight is 448 g/mol. The molecule has 0 spiro atoms. The third-order valence-electron chi connectivity index (χ3n) is 5.34. The fourth-order valence-corrected chi connectivity index (χ4v) is 3.98. The highest BCUT2D eigenvalue weighted by atomic mass is 19.3. The highest BCUT2D eigenvalue weighted by Gasteiger charge is 2.39. The first kappa shape index (κ1) is 26.4. The summed E-state index contributed by atoms with van der Waals surface area (Å²) in [4.78, 5) is 59.0. The van der Waals surface area contributed by atoms with E-state index >= 15 is 0 Å². The SMILES string of the molecule is CC(C)C[C@H](NC(=O)CC1(CC(=O)O)CCCC1)C(=O)N[C@@H](CC(F)F)C(=O)C(=O)O. The Morgan fingerprint density at radius 2 is 1.48 bits per heavy atom. The smallest absolute Gasteiger partial charge is 0.374 e. The predicted molar refractivity (Wildman–Crippen MR) is 104 cm³/mol. The molecule has 9 nitrogen and oxygen atoms in total. The molecule has 0 aromatic heterocycles. The van der Waals surface area contributed by atoms with Gasteiger partial charge in [-0.15, -0.1) is 0 Å². The van der Waals surface area contributed by atoms with Crippen LogP contribution in [-0.4, -0.2) is 58.3 Å². The molecule has 2 amide bonds. The van der Waals surface area contributed by atoms with Gasteiger partial charge in [-0.05, 0) is 30.6 Å². The van der Waals surface area contributed by atoms with E-state index in [2.05, 4.69) is 5.32 Å². The number of halogens is 2. The van der Waals surface area contributed by atoms with E-state index in [1.807, 2.05) is 5.32 Å². The summed E-state index contributed by atoms with van der Waals surface area (Å²) in [5.41, 5.74) is -0.702. The number of carbonyl (C=O) groups excluding carboxylic acids is 3. The van der Waals surface area contributed by atoms with Crippen LogP contribution >= 0.6 is 0 Å². The number of aliphatic carboxylic acids is 2. The lowest BCUT2D eigenvalue weighted by atomic mass is 9.79. The number of rotatable bonds is 13. The molecule has 0 aromatic rings. The Hall–Kier alpha value is -2.59. The molecule has 176 valence electrons. The van der Waals surface area contributed by atoms with Crippen molar-refractivity contribution in [3.63, 3.8) is 0 Å². The van der Waals surface area contributed by atoms with E-state index in [1.165, 1.54) is 0 Å². The molecule has 0 bridgehead atoms. The number of carboxylic acid groups (broad SMARTS) is 2. The van der Waals surface area contributed by atoms with Crippen LogP contribution in [0.25, 0.3) is 0 Å². The Bertz CT molecular complexity index is 691. The number of ketones is 1. The largest absolute Gasteiger partial charge is 0.481 e. The second kappa shape index (κ2) is 11.7. The lowest BCUT2D eigenvalue weighted by molar-refractivity contribution is -0.151. The summed E-state index contributed by atoms with van der Waals surface area (Å²) in [5.74, 6) is -6.14. The Labute approximate surface area is 178 Å². The average Bonchev–Trinajstić information content (AvgIpc) is 3.05. The molecule has 0 saturated heterocycles. The van der Waals surface area contributed by atoms with E-state index < -0.39 is 59.9 Å². The summed E-state index contributed by atoms with van der Waals surface area (Å²) in [6.07, 6.45) is -1.63. The van der Waals surface area contributed by atoms with Gasteiger partial charge in [0.1, 0.15) is 12.1 Å². The van der Waals surface area contributed by atoms with Gasteiger partial charge in [0.15, 0.2) is 0 Å². The van der Waals surface area contributed by atoms with E-state index in [0.29, 0.717) is 12.8 Å². The summed E-state index contributed by atoms with van der Waals surface area (Å²) in [7, 11) is 0. The topological polar surface area (TPSA) is 150 Å². The predicted octanol–water partition coefficient (Wildman–Crippen LogP) is 1.74. The molecule has 1 aliphatic rings. The van der Waals surface area contributed by atoms with Crippen molar-refractivity contribution in [1.82, 2.24) is 10.6 Å². The quantitative estimate of drug-likeness (QED) is 0.313. The standard InChI is InChI=1S/C20H30F2N2O7/c1-11(2)7-13(18(29)24-12(8-14(21)22)17(28)19(30)31)23-15(25)9-20(10-16(26)27)5-3-4-6-20/h11-14H,3-10H2,1-2H3,(H,23,25)(H,24,29)(H,26,27)(H,30,31)/t12-,13-/m0/s1. The maximum atomic E-state index is 12.7. The molecule has 1 rings (SSSR count). The van der Waals surface area contributed by atoms with Crippen LogP contribution in [0.2, 0.25) is 0 Å². The van der Waals surface area contributed by atoms with E-state index in [1.54, 1.807) is 13.8 Å². The maximum absolute atomic E-state index is 12.7. The van der Waals surface area contributed by atoms with Crippen molar-refractivity contribution in [3.05, 3.63) is 0 Å². The summed E-state index contributed by atoms with van der Waals surface area (Å²) < 4.78 is 25.5. The first-order chi connectivity index (χ1) is 14.3. The zero-order valence-electron chi connectivity index (χ0n) is 17.7. The number of amides is 2. The second-order valence-electron chi connectivity index (χ2n) is 8.56. The lowest BCUT2D eigenvalue weighted by Gasteiger charge is -2.28. The number of hydrogen-bond donors (Lipinski definition) is 4. The molecule has 1 aliphatic carbocycles. The fraction of sp³-hybridized carbons (Fsp3) is 0.750. The van der Waals surface area contributed by atoms with Gasteiger partial charge >= 0.3 is 11.9 Å². The molecule has 0 aliphatic heterocycles. The minimum atomic E-state index is -3.02. The molecule has 31 heavy (non-hydrogen) atoms. The van der Waals surface area contributed by atoms with Crippen molar-refractivity contribution in [2.75, 3.05) is 0 Å². The van der Waals surface area contributed by atoms with Gasteiger partial charge < -0.3 is 20.8 Å². The molecule has 4 N–H and O–H groups in total. The van der Waals surface area contributed by atoms with Crippen molar-refractivity contribution in [2.45, 2.75) is 83.7 Å². The minimum absolute atomic E-state index is 0.0979. The Balaban J connectivity index is 2.91. The van der Waals surface area contributed by atoms with Gasteiger partial charge in [-0.3, -0.25) is 19.2 Å². The number of Topliss-reactive ketones (excluding diaryl/α,β-unsaturated/α-hetero) is 1. The molecule has 1 saturated carbocycles. The number of nitrogens with one attached hydrogen (secondary N) is 2. The Morgan fingerprint density at radius 1 is 0.903 bits per heavy atom. The van der Waals surface area contributed by atoms with Crippen LogP contribution in [0.4, 0.5) is 8.78 Å². The lowest BCUT2D eigenvalue weighted by Crippen LogP contribution is -2.53. The molecule has 0 heterocycles. The van der Waals surface area contributed by atoms with Crippen molar-refractivity contribution < 1.29 is 43.0 Å². The van der Waals surface area contributed by atoms with Gasteiger partial charge in [-0.1, -0.05) is 26.7 Å². The second-order valence-corrected chi connectivity index (χ2v) is 8.56. The van der Waals surface area contributed by atoms with Crippen LogP contribution in [0.3, 0.4) is 0 Å². The van der Waals surface area contributed by atoms with Crippen LogP contribution in [-0.2, 0) is 24.0 Å². The van der Waals surface area contributed by atoms with Gasteiger partial charge in [0, 0.05) is 12.8 Å². The third kappa shape index (κ3) is 8.97. The minimum Gasteiger partial charge on any atom is -0.481 e. The molecule has 2 atom stereocenters. The molecule has 0 unspecified atom stereocenters. The van der Waals surface area contributed by atoms with Gasteiger partial charge in [0.25, 0.3) is 5.78 Å². The normalized spacial score (nSPS) is 17.2. The summed E-state index contributed by atoms with van der Waals surface area (Å²) >= 11 is 0. The summed E-state index contributed by atoms with van der Waals surface area (Å²) in [6.45, 7) is 3.52.